The summed E-state index contributed by atoms with van der Waals surface area (Å²) in [5.41, 5.74) is 0.660. The van der Waals surface area contributed by atoms with Crippen LogP contribution in [0.5, 0.6) is 11.5 Å². The molecule has 1 heterocycles. The number of carbonyl (C=O) groups excluding carboxylic acids is 1. The average molecular weight is 416 g/mol. The van der Waals surface area contributed by atoms with E-state index in [9.17, 15) is 4.79 Å². The first-order valence-electron chi connectivity index (χ1n) is 8.27. The van der Waals surface area contributed by atoms with Gasteiger partial charge in [-0.3, -0.25) is 4.79 Å². The zero-order valence-corrected chi connectivity index (χ0v) is 16.7. The zero-order valence-electron chi connectivity index (χ0n) is 14.4. The van der Waals surface area contributed by atoms with Gasteiger partial charge in [0.15, 0.2) is 0 Å². The standard InChI is InChI=1S/C19H20Cl2N2O2.ClH/c1-22-14-9-11-23(12-10-14)19(24)13-5-7-15(8-6-13)25-17-4-2-3-16(20)18(17)21;/h2-8,14,22H,9-12H2,1H3;1H. The first kappa shape index (κ1) is 20.8. The fraction of sp³-hybridized carbons (Fsp3) is 0.316. The van der Waals surface area contributed by atoms with Gasteiger partial charge < -0.3 is 15.0 Å². The number of benzene rings is 2. The topological polar surface area (TPSA) is 41.6 Å². The Kier molecular flexibility index (Phi) is 7.59. The second-order valence-electron chi connectivity index (χ2n) is 6.03. The maximum absolute atomic E-state index is 12.6. The van der Waals surface area contributed by atoms with Gasteiger partial charge in [-0.05, 0) is 56.3 Å². The molecule has 2 aromatic rings. The molecule has 0 aromatic heterocycles. The molecule has 7 heteroatoms. The molecule has 4 nitrogen and oxygen atoms in total. The van der Waals surface area contributed by atoms with Crippen LogP contribution in [0.1, 0.15) is 23.2 Å². The summed E-state index contributed by atoms with van der Waals surface area (Å²) < 4.78 is 5.75. The Bertz CT molecular complexity index is 745. The van der Waals surface area contributed by atoms with Gasteiger partial charge in [0, 0.05) is 24.7 Å². The maximum atomic E-state index is 12.6. The Morgan fingerprint density at radius 2 is 1.77 bits per heavy atom. The third-order valence-electron chi connectivity index (χ3n) is 4.44. The number of likely N-dealkylation sites (tertiary alicyclic amines) is 1. The lowest BCUT2D eigenvalue weighted by atomic mass is 10.0. The Hall–Kier alpha value is -1.46. The predicted molar refractivity (Wildman–Crippen MR) is 108 cm³/mol. The maximum Gasteiger partial charge on any atom is 0.253 e. The molecule has 0 saturated carbocycles. The van der Waals surface area contributed by atoms with Gasteiger partial charge in [-0.2, -0.15) is 0 Å². The lowest BCUT2D eigenvalue weighted by molar-refractivity contribution is 0.0707. The summed E-state index contributed by atoms with van der Waals surface area (Å²) in [7, 11) is 1.97. The molecule has 1 saturated heterocycles. The number of rotatable bonds is 4. The van der Waals surface area contributed by atoms with Crippen LogP contribution in [-0.4, -0.2) is 37.0 Å². The normalized spacial score (nSPS) is 14.7. The summed E-state index contributed by atoms with van der Waals surface area (Å²) >= 11 is 12.1. The first-order chi connectivity index (χ1) is 12.1. The molecule has 0 radical (unpaired) electrons. The summed E-state index contributed by atoms with van der Waals surface area (Å²) in [6.07, 6.45) is 1.97. The molecule has 1 amide bonds. The largest absolute Gasteiger partial charge is 0.456 e. The van der Waals surface area contributed by atoms with E-state index in [2.05, 4.69) is 5.32 Å². The minimum absolute atomic E-state index is 0. The number of nitrogens with zero attached hydrogens (tertiary/aromatic N) is 1. The molecule has 0 bridgehead atoms. The van der Waals surface area contributed by atoms with Gasteiger partial charge >= 0.3 is 0 Å². The second-order valence-corrected chi connectivity index (χ2v) is 6.82. The molecule has 1 N–H and O–H groups in total. The van der Waals surface area contributed by atoms with Crippen LogP contribution in [0, 0.1) is 0 Å². The van der Waals surface area contributed by atoms with E-state index in [1.807, 2.05) is 11.9 Å². The number of hydrogen-bond acceptors (Lipinski definition) is 3. The predicted octanol–water partition coefficient (Wildman–Crippen LogP) is 5.03. The van der Waals surface area contributed by atoms with Crippen molar-refractivity contribution in [3.8, 4) is 11.5 Å². The molecule has 2 aromatic carbocycles. The first-order valence-corrected chi connectivity index (χ1v) is 9.02. The summed E-state index contributed by atoms with van der Waals surface area (Å²) in [4.78, 5) is 14.5. The molecular formula is C19H21Cl3N2O2. The Morgan fingerprint density at radius 3 is 2.38 bits per heavy atom. The number of amides is 1. The fourth-order valence-corrected chi connectivity index (χ4v) is 3.24. The number of halogens is 3. The number of ether oxygens (including phenoxy) is 1. The second kappa shape index (κ2) is 9.47. The quantitative estimate of drug-likeness (QED) is 0.761. The van der Waals surface area contributed by atoms with Crippen molar-refractivity contribution in [1.29, 1.82) is 0 Å². The van der Waals surface area contributed by atoms with Crippen LogP contribution in [0.2, 0.25) is 10.0 Å². The van der Waals surface area contributed by atoms with Crippen molar-refractivity contribution in [1.82, 2.24) is 10.2 Å². The Balaban J connectivity index is 0.00000243. The van der Waals surface area contributed by atoms with E-state index >= 15 is 0 Å². The molecule has 3 rings (SSSR count). The molecule has 1 aliphatic heterocycles. The molecule has 140 valence electrons. The summed E-state index contributed by atoms with van der Waals surface area (Å²) in [5.74, 6) is 1.15. The van der Waals surface area contributed by atoms with Gasteiger partial charge in [-0.1, -0.05) is 29.3 Å². The SMILES string of the molecule is CNC1CCN(C(=O)c2ccc(Oc3cccc(Cl)c3Cl)cc2)CC1.Cl. The van der Waals surface area contributed by atoms with Crippen molar-refractivity contribution >= 4 is 41.5 Å². The number of carbonyl (C=O) groups is 1. The van der Waals surface area contributed by atoms with Crippen molar-refractivity contribution in [2.45, 2.75) is 18.9 Å². The van der Waals surface area contributed by atoms with Crippen LogP contribution in [-0.2, 0) is 0 Å². The highest BCUT2D eigenvalue weighted by Gasteiger charge is 2.22. The van der Waals surface area contributed by atoms with Crippen molar-refractivity contribution in [3.05, 3.63) is 58.1 Å². The summed E-state index contributed by atoms with van der Waals surface area (Å²) in [6.45, 7) is 1.56. The van der Waals surface area contributed by atoms with E-state index in [1.54, 1.807) is 42.5 Å². The van der Waals surface area contributed by atoms with Crippen LogP contribution < -0.4 is 10.1 Å². The highest BCUT2D eigenvalue weighted by atomic mass is 35.5. The molecule has 26 heavy (non-hydrogen) atoms. The van der Waals surface area contributed by atoms with Crippen molar-refractivity contribution in [3.63, 3.8) is 0 Å². The van der Waals surface area contributed by atoms with Gasteiger partial charge in [0.05, 0.1) is 5.02 Å². The molecule has 1 aliphatic rings. The Morgan fingerprint density at radius 1 is 1.12 bits per heavy atom. The molecule has 0 aliphatic carbocycles. The molecule has 0 atom stereocenters. The average Bonchev–Trinajstić information content (AvgIpc) is 2.65. The molecular weight excluding hydrogens is 395 g/mol. The van der Waals surface area contributed by atoms with E-state index in [1.165, 1.54) is 0 Å². The zero-order chi connectivity index (χ0) is 17.8. The summed E-state index contributed by atoms with van der Waals surface area (Å²) in [6, 6.07) is 12.8. The van der Waals surface area contributed by atoms with Crippen molar-refractivity contribution < 1.29 is 9.53 Å². The molecule has 0 spiro atoms. The van der Waals surface area contributed by atoms with Crippen LogP contribution in [0.4, 0.5) is 0 Å². The smallest absolute Gasteiger partial charge is 0.253 e. The van der Waals surface area contributed by atoms with Gasteiger partial charge in [0.25, 0.3) is 5.91 Å². The summed E-state index contributed by atoms with van der Waals surface area (Å²) in [5, 5.41) is 4.08. The van der Waals surface area contributed by atoms with Crippen LogP contribution in [0.3, 0.4) is 0 Å². The van der Waals surface area contributed by atoms with Gasteiger partial charge in [-0.25, -0.2) is 0 Å². The highest BCUT2D eigenvalue weighted by molar-refractivity contribution is 6.42. The van der Waals surface area contributed by atoms with E-state index in [4.69, 9.17) is 27.9 Å². The van der Waals surface area contributed by atoms with Gasteiger partial charge in [-0.15, -0.1) is 12.4 Å². The third kappa shape index (κ3) is 4.83. The molecule has 0 unspecified atom stereocenters. The van der Waals surface area contributed by atoms with Crippen LogP contribution >= 0.6 is 35.6 Å². The van der Waals surface area contributed by atoms with E-state index in [0.717, 1.165) is 25.9 Å². The van der Waals surface area contributed by atoms with Crippen molar-refractivity contribution in [2.24, 2.45) is 0 Å². The van der Waals surface area contributed by atoms with Gasteiger partial charge in [0.1, 0.15) is 16.5 Å². The third-order valence-corrected chi connectivity index (χ3v) is 5.24. The number of piperidine rings is 1. The van der Waals surface area contributed by atoms with Crippen LogP contribution in [0.15, 0.2) is 42.5 Å². The monoisotopic (exact) mass is 414 g/mol. The van der Waals surface area contributed by atoms with E-state index < -0.39 is 0 Å². The fourth-order valence-electron chi connectivity index (χ4n) is 2.91. The lowest BCUT2D eigenvalue weighted by Gasteiger charge is -2.31. The lowest BCUT2D eigenvalue weighted by Crippen LogP contribution is -2.43. The number of hydrogen-bond donors (Lipinski definition) is 1. The highest BCUT2D eigenvalue weighted by Crippen LogP contribution is 2.34. The van der Waals surface area contributed by atoms with Gasteiger partial charge in [0.2, 0.25) is 0 Å². The van der Waals surface area contributed by atoms with Crippen molar-refractivity contribution in [2.75, 3.05) is 20.1 Å². The Labute approximate surface area is 169 Å². The number of nitrogens with one attached hydrogen (secondary N) is 1. The molecule has 1 fully saturated rings. The van der Waals surface area contributed by atoms with E-state index in [0.29, 0.717) is 33.1 Å². The minimum Gasteiger partial charge on any atom is -0.456 e. The minimum atomic E-state index is 0. The van der Waals surface area contributed by atoms with E-state index in [-0.39, 0.29) is 18.3 Å². The van der Waals surface area contributed by atoms with Crippen LogP contribution in [0.25, 0.3) is 0 Å².